The molecule has 3 rings (SSSR count). The van der Waals surface area contributed by atoms with Gasteiger partial charge in [0.05, 0.1) is 12.2 Å². The molecule has 2 heterocycles. The topological polar surface area (TPSA) is 92.4 Å². The maximum atomic E-state index is 12.7. The van der Waals surface area contributed by atoms with Gasteiger partial charge in [-0.1, -0.05) is 30.3 Å². The molecule has 1 aliphatic rings. The fourth-order valence-corrected chi connectivity index (χ4v) is 3.56. The molecule has 160 valence electrons. The van der Waals surface area contributed by atoms with Gasteiger partial charge in [-0.3, -0.25) is 9.59 Å². The Hall–Kier alpha value is -2.77. The number of benzene rings is 1. The molecule has 2 amide bonds. The Kier molecular flexibility index (Phi) is 7.54. The van der Waals surface area contributed by atoms with Gasteiger partial charge in [0.2, 0.25) is 0 Å². The zero-order chi connectivity index (χ0) is 21.4. The molecule has 0 radical (unpaired) electrons. The molecule has 7 nitrogen and oxygen atoms in total. The molecule has 1 aromatic heterocycles. The number of pyridine rings is 1. The molecule has 0 bridgehead atoms. The highest BCUT2D eigenvalue weighted by atomic mass is 16.5. The quantitative estimate of drug-likeness (QED) is 0.579. The third kappa shape index (κ3) is 6.11. The van der Waals surface area contributed by atoms with Crippen LogP contribution < -0.4 is 16.0 Å². The number of amides is 2. The Bertz CT molecular complexity index is 864. The summed E-state index contributed by atoms with van der Waals surface area (Å²) in [5, 5.41) is 8.88. The van der Waals surface area contributed by atoms with E-state index in [0.29, 0.717) is 30.8 Å². The first-order valence-electron chi connectivity index (χ1n) is 10.4. The van der Waals surface area contributed by atoms with Crippen molar-refractivity contribution in [2.75, 3.05) is 33.3 Å². The number of hydrogen-bond acceptors (Lipinski definition) is 5. The molecule has 30 heavy (non-hydrogen) atoms. The van der Waals surface area contributed by atoms with Crippen molar-refractivity contribution in [1.82, 2.24) is 20.9 Å². The van der Waals surface area contributed by atoms with E-state index in [0.717, 1.165) is 31.5 Å². The highest BCUT2D eigenvalue weighted by Gasteiger charge is 2.27. The van der Waals surface area contributed by atoms with Crippen molar-refractivity contribution in [3.8, 4) is 0 Å². The third-order valence-electron chi connectivity index (χ3n) is 5.22. The molecular formula is C23H30N4O3. The van der Waals surface area contributed by atoms with E-state index >= 15 is 0 Å². The van der Waals surface area contributed by atoms with Crippen molar-refractivity contribution >= 4 is 11.8 Å². The lowest BCUT2D eigenvalue weighted by Gasteiger charge is -2.34. The minimum absolute atomic E-state index is 0.186. The van der Waals surface area contributed by atoms with Gasteiger partial charge < -0.3 is 20.7 Å². The van der Waals surface area contributed by atoms with Gasteiger partial charge in [0, 0.05) is 44.4 Å². The van der Waals surface area contributed by atoms with Gasteiger partial charge in [0.1, 0.15) is 5.69 Å². The summed E-state index contributed by atoms with van der Waals surface area (Å²) in [7, 11) is 1.55. The second kappa shape index (κ2) is 10.3. The lowest BCUT2D eigenvalue weighted by Crippen LogP contribution is -2.47. The maximum Gasteiger partial charge on any atom is 0.269 e. The molecule has 1 aromatic carbocycles. The molecule has 1 saturated heterocycles. The average Bonchev–Trinajstić information content (AvgIpc) is 2.77. The maximum absolute atomic E-state index is 12.7. The zero-order valence-corrected chi connectivity index (χ0v) is 17.7. The fourth-order valence-electron chi connectivity index (χ4n) is 3.56. The summed E-state index contributed by atoms with van der Waals surface area (Å²) in [6.07, 6.45) is 2.22. The lowest BCUT2D eigenvalue weighted by molar-refractivity contribution is -0.0584. The van der Waals surface area contributed by atoms with Gasteiger partial charge >= 0.3 is 0 Å². The number of carbonyl (C=O) groups excluding carboxylic acids is 2. The van der Waals surface area contributed by atoms with Gasteiger partial charge in [0.15, 0.2) is 0 Å². The molecule has 1 fully saturated rings. The predicted octanol–water partition coefficient (Wildman–Crippen LogP) is 1.92. The smallest absolute Gasteiger partial charge is 0.269 e. The molecule has 0 spiro atoms. The average molecular weight is 411 g/mol. The second-order valence-corrected chi connectivity index (χ2v) is 7.81. The number of hydrogen-bond donors (Lipinski definition) is 3. The Morgan fingerprint density at radius 2 is 2.00 bits per heavy atom. The number of aromatic nitrogens is 1. The monoisotopic (exact) mass is 410 g/mol. The van der Waals surface area contributed by atoms with E-state index in [1.807, 2.05) is 30.3 Å². The van der Waals surface area contributed by atoms with Crippen LogP contribution in [0.5, 0.6) is 0 Å². The summed E-state index contributed by atoms with van der Waals surface area (Å²) in [6.45, 7) is 5.06. The van der Waals surface area contributed by atoms with Crippen LogP contribution in [0.1, 0.15) is 51.9 Å². The lowest BCUT2D eigenvalue weighted by atomic mass is 9.98. The van der Waals surface area contributed by atoms with Crippen LogP contribution in [0.2, 0.25) is 0 Å². The number of ether oxygens (including phenoxy) is 1. The molecule has 1 atom stereocenters. The number of nitrogens with one attached hydrogen (secondary N) is 3. The Balaban J connectivity index is 1.64. The SMILES string of the molecule is CNC(=O)c1cc(C(=O)NCCC[C@]2(C)CNCCO2)cc(Cc2ccccc2)n1. The van der Waals surface area contributed by atoms with Crippen molar-refractivity contribution in [3.05, 3.63) is 65.0 Å². The molecular weight excluding hydrogens is 380 g/mol. The highest BCUT2D eigenvalue weighted by molar-refractivity contribution is 5.98. The van der Waals surface area contributed by atoms with Crippen molar-refractivity contribution in [3.63, 3.8) is 0 Å². The van der Waals surface area contributed by atoms with Gasteiger partial charge in [0.25, 0.3) is 11.8 Å². The fraction of sp³-hybridized carbons (Fsp3) is 0.435. The van der Waals surface area contributed by atoms with Crippen LogP contribution in [0.4, 0.5) is 0 Å². The summed E-state index contributed by atoms with van der Waals surface area (Å²) in [5.74, 6) is -0.515. The normalized spacial score (nSPS) is 18.6. The standard InChI is InChI=1S/C23H30N4O3/c1-23(16-25-11-12-30-23)9-6-10-26-21(28)18-14-19(13-17-7-4-3-5-8-17)27-20(15-18)22(29)24-2/h3-5,7-8,14-15,25H,6,9-13,16H2,1-2H3,(H,24,29)(H,26,28)/t23-/m1/s1. The van der Waals surface area contributed by atoms with Crippen LogP contribution in [0.15, 0.2) is 42.5 Å². The number of nitrogens with zero attached hydrogens (tertiary/aromatic N) is 1. The second-order valence-electron chi connectivity index (χ2n) is 7.81. The van der Waals surface area contributed by atoms with Crippen molar-refractivity contribution < 1.29 is 14.3 Å². The number of morpholine rings is 1. The first-order valence-corrected chi connectivity index (χ1v) is 10.4. The molecule has 3 N–H and O–H groups in total. The van der Waals surface area contributed by atoms with Crippen LogP contribution in [0.3, 0.4) is 0 Å². The highest BCUT2D eigenvalue weighted by Crippen LogP contribution is 2.18. The van der Waals surface area contributed by atoms with Gasteiger partial charge in [-0.25, -0.2) is 4.98 Å². The first-order chi connectivity index (χ1) is 14.5. The summed E-state index contributed by atoms with van der Waals surface area (Å²) in [6, 6.07) is 13.1. The molecule has 2 aromatic rings. The predicted molar refractivity (Wildman–Crippen MR) is 116 cm³/mol. The van der Waals surface area contributed by atoms with Crippen molar-refractivity contribution in [2.24, 2.45) is 0 Å². The zero-order valence-electron chi connectivity index (χ0n) is 17.7. The number of rotatable bonds is 8. The van der Waals surface area contributed by atoms with Gasteiger partial charge in [-0.05, 0) is 37.5 Å². The van der Waals surface area contributed by atoms with Crippen molar-refractivity contribution in [2.45, 2.75) is 31.8 Å². The summed E-state index contributed by atoms with van der Waals surface area (Å²) >= 11 is 0. The van der Waals surface area contributed by atoms with Crippen LogP contribution in [-0.2, 0) is 11.2 Å². The summed E-state index contributed by atoms with van der Waals surface area (Å²) in [4.78, 5) is 29.3. The number of carbonyl (C=O) groups is 2. The van der Waals surface area contributed by atoms with Crippen molar-refractivity contribution in [1.29, 1.82) is 0 Å². The third-order valence-corrected chi connectivity index (χ3v) is 5.22. The van der Waals surface area contributed by atoms with Crippen LogP contribution >= 0.6 is 0 Å². The molecule has 0 saturated carbocycles. The minimum Gasteiger partial charge on any atom is -0.373 e. The summed E-state index contributed by atoms with van der Waals surface area (Å²) < 4.78 is 5.86. The van der Waals surface area contributed by atoms with E-state index in [2.05, 4.69) is 27.9 Å². The van der Waals surface area contributed by atoms with Crippen LogP contribution in [-0.4, -0.2) is 55.7 Å². The summed E-state index contributed by atoms with van der Waals surface area (Å²) in [5.41, 5.74) is 2.25. The van der Waals surface area contributed by atoms with E-state index in [9.17, 15) is 9.59 Å². The molecule has 0 aliphatic carbocycles. The van der Waals surface area contributed by atoms with Gasteiger partial charge in [-0.2, -0.15) is 0 Å². The Labute approximate surface area is 177 Å². The molecule has 1 aliphatic heterocycles. The molecule has 7 heteroatoms. The molecule has 0 unspecified atom stereocenters. The first kappa shape index (κ1) is 21.9. The van der Waals surface area contributed by atoms with E-state index in [4.69, 9.17) is 4.74 Å². The van der Waals surface area contributed by atoms with Gasteiger partial charge in [-0.15, -0.1) is 0 Å². The Morgan fingerprint density at radius 1 is 1.20 bits per heavy atom. The largest absolute Gasteiger partial charge is 0.373 e. The van der Waals surface area contributed by atoms with Crippen LogP contribution in [0, 0.1) is 0 Å². The van der Waals surface area contributed by atoms with E-state index < -0.39 is 0 Å². The van der Waals surface area contributed by atoms with E-state index in [-0.39, 0.29) is 23.1 Å². The van der Waals surface area contributed by atoms with E-state index in [1.165, 1.54) is 6.07 Å². The Morgan fingerprint density at radius 3 is 2.70 bits per heavy atom. The van der Waals surface area contributed by atoms with E-state index in [1.54, 1.807) is 13.1 Å². The minimum atomic E-state index is -0.311. The van der Waals surface area contributed by atoms with Crippen LogP contribution in [0.25, 0.3) is 0 Å².